The molecule has 0 radical (unpaired) electrons. The van der Waals surface area contributed by atoms with Crippen LogP contribution in [0.15, 0.2) is 176 Å². The third-order valence-corrected chi connectivity index (χ3v) is 16.1. The van der Waals surface area contributed by atoms with Crippen LogP contribution in [-0.2, 0) is 0 Å². The average molecular weight is 840 g/mol. The van der Waals surface area contributed by atoms with Crippen LogP contribution in [-0.4, -0.2) is 4.57 Å². The predicted octanol–water partition coefficient (Wildman–Crippen LogP) is 16.6. The molecule has 0 N–H and O–H groups in total. The molecule has 4 aromatic heterocycles. The number of nitriles is 2. The Morgan fingerprint density at radius 1 is 0.339 bits per heavy atom. The number of hydrogen-bond acceptors (Lipinski definition) is 5. The molecule has 0 unspecified atom stereocenters. The van der Waals surface area contributed by atoms with E-state index in [2.05, 4.69) is 156 Å². The summed E-state index contributed by atoms with van der Waals surface area (Å²) in [6.45, 7) is 0. The Kier molecular flexibility index (Phi) is 7.64. The largest absolute Gasteiger partial charge is 0.304 e. The molecular weight excluding hydrogens is 811 g/mol. The lowest BCUT2D eigenvalue weighted by molar-refractivity contribution is 1.18. The summed E-state index contributed by atoms with van der Waals surface area (Å²) in [6, 6.07) is 67.4. The van der Waals surface area contributed by atoms with Gasteiger partial charge in [0.25, 0.3) is 0 Å². The summed E-state index contributed by atoms with van der Waals surface area (Å²) in [7, 11) is 0. The summed E-state index contributed by atoms with van der Waals surface area (Å²) >= 11 is 5.36. The Morgan fingerprint density at radius 3 is 1.27 bits per heavy atom. The summed E-state index contributed by atoms with van der Waals surface area (Å²) in [6.07, 6.45) is 0. The zero-order valence-electron chi connectivity index (χ0n) is 32.8. The molecule has 0 aliphatic heterocycles. The summed E-state index contributed by atoms with van der Waals surface area (Å²) in [4.78, 5) is 0. The van der Waals surface area contributed by atoms with Gasteiger partial charge in [-0.1, -0.05) is 158 Å². The van der Waals surface area contributed by atoms with E-state index in [1.165, 1.54) is 41.0 Å². The first-order valence-electron chi connectivity index (χ1n) is 20.5. The van der Waals surface area contributed by atoms with Gasteiger partial charge in [-0.2, -0.15) is 10.5 Å². The Hall–Kier alpha value is -7.58. The van der Waals surface area contributed by atoms with Crippen LogP contribution in [0.3, 0.4) is 0 Å². The maximum absolute atomic E-state index is 11.9. The van der Waals surface area contributed by atoms with Crippen molar-refractivity contribution in [2.45, 2.75) is 0 Å². The first-order chi connectivity index (χ1) is 30.7. The molecule has 0 bridgehead atoms. The monoisotopic (exact) mass is 839 g/mol. The molecule has 3 nitrogen and oxygen atoms in total. The van der Waals surface area contributed by atoms with Crippen molar-refractivity contribution in [3.8, 4) is 51.2 Å². The van der Waals surface area contributed by atoms with Gasteiger partial charge in [0.1, 0.15) is 12.1 Å². The Morgan fingerprint density at radius 2 is 0.758 bits per heavy atom. The number of nitrogens with zero attached hydrogens (tertiary/aromatic N) is 3. The van der Waals surface area contributed by atoms with Crippen molar-refractivity contribution in [1.82, 2.24) is 4.57 Å². The first kappa shape index (κ1) is 35.2. The number of hydrogen-bond donors (Lipinski definition) is 0. The van der Waals surface area contributed by atoms with Crippen LogP contribution in [0, 0.1) is 22.7 Å². The summed E-state index contributed by atoms with van der Waals surface area (Å²) in [5.74, 6) is 0. The molecule has 0 aliphatic rings. The minimum absolute atomic E-state index is 0.467. The summed E-state index contributed by atoms with van der Waals surface area (Å²) in [5.41, 5.74) is 8.91. The van der Waals surface area contributed by atoms with Crippen LogP contribution in [0.5, 0.6) is 0 Å². The topological polar surface area (TPSA) is 52.5 Å². The fourth-order valence-corrected chi connectivity index (χ4v) is 13.6. The standard InChI is InChI=1S/C56H29N3S3/c57-30-43-48(32-14-3-1-4-15-32)44(31-58)51(49(33-16-5-2-6-17-33)50(43)42-22-13-21-39-34-18-7-10-23-45(34)60-54(39)42)59-52-37(26-28-40-35-19-8-11-24-46(35)61-55(40)52)38-27-29-41-36-20-9-12-25-47(36)62-56(41)53(38)59/h1-29H. The molecule has 9 aromatic carbocycles. The molecule has 0 atom stereocenters. The van der Waals surface area contributed by atoms with Crippen LogP contribution in [0.2, 0.25) is 0 Å². The molecule has 13 rings (SSSR count). The molecular formula is C56H29N3S3. The van der Waals surface area contributed by atoms with Gasteiger partial charge in [-0.3, -0.25) is 0 Å². The van der Waals surface area contributed by atoms with E-state index in [4.69, 9.17) is 0 Å². The molecule has 0 amide bonds. The smallest absolute Gasteiger partial charge is 0.102 e. The van der Waals surface area contributed by atoms with E-state index in [9.17, 15) is 10.5 Å². The zero-order valence-corrected chi connectivity index (χ0v) is 35.3. The lowest BCUT2D eigenvalue weighted by atomic mass is 9.81. The Balaban J connectivity index is 1.35. The van der Waals surface area contributed by atoms with Crippen molar-refractivity contribution < 1.29 is 0 Å². The number of rotatable bonds is 4. The van der Waals surface area contributed by atoms with Crippen molar-refractivity contribution in [3.05, 3.63) is 187 Å². The third kappa shape index (κ3) is 4.83. The van der Waals surface area contributed by atoms with Crippen LogP contribution in [0.1, 0.15) is 11.1 Å². The van der Waals surface area contributed by atoms with E-state index in [1.54, 1.807) is 34.0 Å². The Labute approximate surface area is 367 Å². The number of aromatic nitrogens is 1. The Bertz CT molecular complexity index is 3990. The highest BCUT2D eigenvalue weighted by Gasteiger charge is 2.32. The molecule has 0 aliphatic carbocycles. The van der Waals surface area contributed by atoms with E-state index in [1.807, 2.05) is 36.4 Å². The second-order valence-corrected chi connectivity index (χ2v) is 18.8. The third-order valence-electron chi connectivity index (χ3n) is 12.5. The second kappa shape index (κ2) is 13.5. The van der Waals surface area contributed by atoms with Gasteiger partial charge >= 0.3 is 0 Å². The van der Waals surface area contributed by atoms with E-state index in [0.29, 0.717) is 16.7 Å². The highest BCUT2D eigenvalue weighted by molar-refractivity contribution is 7.27. The number of benzene rings is 9. The zero-order chi connectivity index (χ0) is 41.1. The maximum Gasteiger partial charge on any atom is 0.102 e. The molecule has 0 spiro atoms. The van der Waals surface area contributed by atoms with Crippen molar-refractivity contribution in [1.29, 1.82) is 10.5 Å². The minimum atomic E-state index is 0.467. The number of fused-ring (bicyclic) bond motifs is 14. The predicted molar refractivity (Wildman–Crippen MR) is 265 cm³/mol. The highest BCUT2D eigenvalue weighted by Crippen LogP contribution is 2.54. The summed E-state index contributed by atoms with van der Waals surface area (Å²) in [5, 5.41) is 33.0. The quantitative estimate of drug-likeness (QED) is 0.177. The molecule has 286 valence electrons. The van der Waals surface area contributed by atoms with Gasteiger partial charge in [-0.25, -0.2) is 0 Å². The summed E-state index contributed by atoms with van der Waals surface area (Å²) < 4.78 is 9.48. The maximum atomic E-state index is 11.9. The second-order valence-electron chi connectivity index (χ2n) is 15.7. The van der Waals surface area contributed by atoms with Gasteiger partial charge in [0.05, 0.1) is 37.2 Å². The molecule has 62 heavy (non-hydrogen) atoms. The fraction of sp³-hybridized carbons (Fsp3) is 0. The first-order valence-corrected chi connectivity index (χ1v) is 22.9. The van der Waals surface area contributed by atoms with Crippen LogP contribution < -0.4 is 0 Å². The SMILES string of the molecule is N#Cc1c(-c2ccccc2)c(C#N)c(-n2c3c(ccc4c5ccccc5sc43)c3ccc4c5ccccc5sc4c32)c(-c2ccccc2)c1-c1cccc2c1sc1ccccc12. The molecule has 0 saturated carbocycles. The van der Waals surface area contributed by atoms with Gasteiger partial charge in [0.2, 0.25) is 0 Å². The molecule has 0 fully saturated rings. The lowest BCUT2D eigenvalue weighted by Gasteiger charge is -2.25. The van der Waals surface area contributed by atoms with Gasteiger partial charge in [-0.05, 0) is 29.3 Å². The lowest BCUT2D eigenvalue weighted by Crippen LogP contribution is -2.08. The van der Waals surface area contributed by atoms with Crippen LogP contribution in [0.25, 0.3) is 121 Å². The van der Waals surface area contributed by atoms with E-state index in [-0.39, 0.29) is 0 Å². The van der Waals surface area contributed by atoms with Crippen molar-refractivity contribution in [2.24, 2.45) is 0 Å². The minimum Gasteiger partial charge on any atom is -0.304 e. The molecule has 4 heterocycles. The van der Waals surface area contributed by atoms with Crippen LogP contribution in [0.4, 0.5) is 0 Å². The number of thiophene rings is 3. The van der Waals surface area contributed by atoms with E-state index in [0.717, 1.165) is 74.8 Å². The molecule has 13 aromatic rings. The van der Waals surface area contributed by atoms with Gasteiger partial charge < -0.3 is 4.57 Å². The van der Waals surface area contributed by atoms with E-state index >= 15 is 0 Å². The van der Waals surface area contributed by atoms with Crippen molar-refractivity contribution in [3.63, 3.8) is 0 Å². The van der Waals surface area contributed by atoms with E-state index < -0.39 is 0 Å². The van der Waals surface area contributed by atoms with Crippen molar-refractivity contribution in [2.75, 3.05) is 0 Å². The highest BCUT2D eigenvalue weighted by atomic mass is 32.1. The molecule has 0 saturated heterocycles. The fourth-order valence-electron chi connectivity index (χ4n) is 9.94. The van der Waals surface area contributed by atoms with Gasteiger partial charge in [-0.15, -0.1) is 34.0 Å². The van der Waals surface area contributed by atoms with Gasteiger partial charge in [0.15, 0.2) is 0 Å². The van der Waals surface area contributed by atoms with Gasteiger partial charge in [0, 0.05) is 84.1 Å². The normalized spacial score (nSPS) is 11.8. The van der Waals surface area contributed by atoms with Crippen LogP contribution >= 0.6 is 34.0 Å². The van der Waals surface area contributed by atoms with Crippen molar-refractivity contribution >= 4 is 116 Å². The molecule has 6 heteroatoms. The average Bonchev–Trinajstić information content (AvgIpc) is 4.10.